The summed E-state index contributed by atoms with van der Waals surface area (Å²) in [4.78, 5) is 12.8. The van der Waals surface area contributed by atoms with E-state index in [1.807, 2.05) is 0 Å². The molecule has 3 aliphatic heterocycles. The Balaban J connectivity index is 0. The maximum atomic E-state index is 10.3. The Hall–Kier alpha value is -0.175. The van der Waals surface area contributed by atoms with Crippen LogP contribution in [-0.4, -0.2) is 56.1 Å². The second kappa shape index (κ2) is 7.16. The number of fused-ring (bicyclic) bond motifs is 3. The smallest absolute Gasteiger partial charge is 0.120 e. The lowest BCUT2D eigenvalue weighted by atomic mass is 9.78. The van der Waals surface area contributed by atoms with Crippen LogP contribution in [0.2, 0.25) is 0 Å². The molecule has 3 fully saturated rings. The summed E-state index contributed by atoms with van der Waals surface area (Å²) in [6.45, 7) is 3.74. The van der Waals surface area contributed by atoms with Gasteiger partial charge in [-0.05, 0) is 37.8 Å². The Labute approximate surface area is 92.5 Å². The Kier molecular flexibility index (Phi) is 8.32. The zero-order valence-corrected chi connectivity index (χ0v) is 8.56. The molecular weight excluding hydrogens is 171 g/mol. The largest absolute Gasteiger partial charge is 0.303 e. The quantitative estimate of drug-likeness (QED) is 0.438. The van der Waals surface area contributed by atoms with E-state index in [0.717, 1.165) is 18.6 Å². The molecule has 0 aromatic rings. The van der Waals surface area contributed by atoms with Gasteiger partial charge in [0.25, 0.3) is 0 Å². The third-order valence-corrected chi connectivity index (χ3v) is 3.19. The first-order valence-corrected chi connectivity index (χ1v) is 4.56. The highest BCUT2D eigenvalue weighted by Crippen LogP contribution is 2.33. The summed E-state index contributed by atoms with van der Waals surface area (Å²) < 4.78 is 0. The van der Waals surface area contributed by atoms with E-state index >= 15 is 0 Å². The van der Waals surface area contributed by atoms with Crippen LogP contribution in [0.15, 0.2) is 0 Å². The summed E-state index contributed by atoms with van der Waals surface area (Å²) in [7, 11) is 0. The molecule has 3 saturated heterocycles. The molecule has 14 heavy (non-hydrogen) atoms. The topological polar surface area (TPSA) is 20.3 Å². The molecule has 3 aliphatic rings. The molecule has 2 nitrogen and oxygen atoms in total. The van der Waals surface area contributed by atoms with E-state index in [1.54, 1.807) is 0 Å². The molecule has 0 unspecified atom stereocenters. The van der Waals surface area contributed by atoms with Gasteiger partial charge in [0.2, 0.25) is 0 Å². The van der Waals surface area contributed by atoms with Crippen LogP contribution in [0, 0.1) is 11.8 Å². The number of hydrogen-bond donors (Lipinski definition) is 0. The summed E-state index contributed by atoms with van der Waals surface area (Å²) in [6, 6.07) is 0. The summed E-state index contributed by atoms with van der Waals surface area (Å²) >= 11 is 0. The van der Waals surface area contributed by atoms with Crippen molar-refractivity contribution in [3.8, 4) is 0 Å². The van der Waals surface area contributed by atoms with E-state index in [-0.39, 0.29) is 25.2 Å². The molecule has 0 amide bonds. The molecule has 0 saturated carbocycles. The van der Waals surface area contributed by atoms with E-state index < -0.39 is 0 Å². The number of aldehydes is 1. The van der Waals surface area contributed by atoms with Crippen molar-refractivity contribution in [2.75, 3.05) is 19.6 Å². The molecular formula is C9H15B3NO. The van der Waals surface area contributed by atoms with Crippen molar-refractivity contribution >= 4 is 31.5 Å². The Morgan fingerprint density at radius 3 is 2.07 bits per heavy atom. The molecule has 9 radical (unpaired) electrons. The molecule has 0 N–H and O–H groups in total. The maximum Gasteiger partial charge on any atom is 0.120 e. The number of carbonyl (C=O) groups excluding carboxylic acids is 1. The zero-order chi connectivity index (χ0) is 7.68. The van der Waals surface area contributed by atoms with Gasteiger partial charge in [0, 0.05) is 38.2 Å². The minimum absolute atomic E-state index is 0. The van der Waals surface area contributed by atoms with Crippen molar-refractivity contribution in [1.29, 1.82) is 0 Å². The first-order chi connectivity index (χ1) is 5.40. The van der Waals surface area contributed by atoms with Crippen LogP contribution in [-0.2, 0) is 4.79 Å². The predicted molar refractivity (Wildman–Crippen MR) is 60.6 cm³/mol. The van der Waals surface area contributed by atoms with Crippen LogP contribution >= 0.6 is 0 Å². The highest BCUT2D eigenvalue weighted by atomic mass is 16.1. The number of rotatable bonds is 2. The highest BCUT2D eigenvalue weighted by molar-refractivity contribution is 5.76. The normalized spacial score (nSPS) is 33.3. The average Bonchev–Trinajstić information content (AvgIpc) is 2.07. The van der Waals surface area contributed by atoms with Crippen molar-refractivity contribution < 1.29 is 4.79 Å². The molecule has 71 valence electrons. The van der Waals surface area contributed by atoms with Crippen molar-refractivity contribution in [2.45, 2.75) is 19.3 Å². The summed E-state index contributed by atoms with van der Waals surface area (Å²) in [5.74, 6) is 1.56. The first-order valence-electron chi connectivity index (χ1n) is 4.56. The standard InChI is InChI=1S/C9H15NO.3B/c11-6-3-9-7-10-4-1-8(9)2-5-10;;;/h6,8-9H,1-5,7H2;;;/t9-;;;/m1.../s1. The van der Waals surface area contributed by atoms with Crippen molar-refractivity contribution in [3.63, 3.8) is 0 Å². The number of hydrogen-bond acceptors (Lipinski definition) is 2. The van der Waals surface area contributed by atoms with E-state index in [9.17, 15) is 4.79 Å². The third kappa shape index (κ3) is 3.20. The molecule has 5 heteroatoms. The van der Waals surface area contributed by atoms with Gasteiger partial charge in [-0.3, -0.25) is 0 Å². The predicted octanol–water partition coefficient (Wildman–Crippen LogP) is -0.225. The van der Waals surface area contributed by atoms with Crippen LogP contribution in [0.5, 0.6) is 0 Å². The zero-order valence-electron chi connectivity index (χ0n) is 8.56. The fraction of sp³-hybridized carbons (Fsp3) is 0.889. The minimum Gasteiger partial charge on any atom is -0.303 e. The van der Waals surface area contributed by atoms with Crippen molar-refractivity contribution in [2.24, 2.45) is 11.8 Å². The Bertz CT molecular complexity index is 160. The van der Waals surface area contributed by atoms with E-state index in [0.29, 0.717) is 5.92 Å². The first kappa shape index (κ1) is 16.3. The lowest BCUT2D eigenvalue weighted by Gasteiger charge is -2.44. The molecule has 0 aromatic carbocycles. The fourth-order valence-electron chi connectivity index (χ4n) is 2.48. The fourth-order valence-corrected chi connectivity index (χ4v) is 2.48. The van der Waals surface area contributed by atoms with E-state index in [4.69, 9.17) is 0 Å². The molecule has 1 atom stereocenters. The molecule has 3 rings (SSSR count). The number of nitrogens with zero attached hydrogens (tertiary/aromatic N) is 1. The third-order valence-electron chi connectivity index (χ3n) is 3.19. The van der Waals surface area contributed by atoms with Gasteiger partial charge >= 0.3 is 0 Å². The van der Waals surface area contributed by atoms with Gasteiger partial charge in [-0.25, -0.2) is 0 Å². The minimum atomic E-state index is 0. The SMILES string of the molecule is O=CC[C@@H]1CN2CCC1CC2.[B].[B].[B]. The highest BCUT2D eigenvalue weighted by Gasteiger charge is 2.33. The number of carbonyl (C=O) groups is 1. The second-order valence-corrected chi connectivity index (χ2v) is 3.80. The van der Waals surface area contributed by atoms with Gasteiger partial charge < -0.3 is 9.69 Å². The molecule has 2 bridgehead atoms. The van der Waals surface area contributed by atoms with Crippen LogP contribution in [0.25, 0.3) is 0 Å². The lowest BCUT2D eigenvalue weighted by Crippen LogP contribution is -2.47. The number of piperidine rings is 3. The Morgan fingerprint density at radius 1 is 1.14 bits per heavy atom. The second-order valence-electron chi connectivity index (χ2n) is 3.80. The van der Waals surface area contributed by atoms with Crippen LogP contribution in [0.3, 0.4) is 0 Å². The lowest BCUT2D eigenvalue weighted by molar-refractivity contribution is -0.110. The molecule has 0 aromatic heterocycles. The molecule has 3 heterocycles. The van der Waals surface area contributed by atoms with Crippen LogP contribution in [0.4, 0.5) is 0 Å². The Morgan fingerprint density at radius 2 is 1.71 bits per heavy atom. The molecule has 0 spiro atoms. The maximum absolute atomic E-state index is 10.3. The van der Waals surface area contributed by atoms with Gasteiger partial charge in [-0.1, -0.05) is 0 Å². The van der Waals surface area contributed by atoms with Gasteiger partial charge in [-0.15, -0.1) is 0 Å². The summed E-state index contributed by atoms with van der Waals surface area (Å²) in [6.07, 6.45) is 4.55. The van der Waals surface area contributed by atoms with E-state index in [1.165, 1.54) is 32.5 Å². The van der Waals surface area contributed by atoms with Gasteiger partial charge in [-0.2, -0.15) is 0 Å². The van der Waals surface area contributed by atoms with Gasteiger partial charge in [0.05, 0.1) is 0 Å². The monoisotopic (exact) mass is 186 g/mol. The molecule has 0 aliphatic carbocycles. The summed E-state index contributed by atoms with van der Waals surface area (Å²) in [5, 5.41) is 0. The van der Waals surface area contributed by atoms with Gasteiger partial charge in [0.15, 0.2) is 0 Å². The van der Waals surface area contributed by atoms with Crippen molar-refractivity contribution in [1.82, 2.24) is 4.90 Å². The van der Waals surface area contributed by atoms with Crippen molar-refractivity contribution in [3.05, 3.63) is 0 Å². The van der Waals surface area contributed by atoms with Crippen LogP contribution < -0.4 is 0 Å². The van der Waals surface area contributed by atoms with E-state index in [2.05, 4.69) is 4.90 Å². The average molecular weight is 186 g/mol. The van der Waals surface area contributed by atoms with Crippen LogP contribution in [0.1, 0.15) is 19.3 Å². The van der Waals surface area contributed by atoms with Gasteiger partial charge in [0.1, 0.15) is 6.29 Å². The summed E-state index contributed by atoms with van der Waals surface area (Å²) in [5.41, 5.74) is 0.